The second kappa shape index (κ2) is 4.07. The largest absolute Gasteiger partial charge is 0.392 e. The smallest absolute Gasteiger partial charge is 0.108 e. The van der Waals surface area contributed by atoms with Crippen LogP contribution in [0.5, 0.6) is 0 Å². The van der Waals surface area contributed by atoms with Gasteiger partial charge in [-0.1, -0.05) is 0 Å². The van der Waals surface area contributed by atoms with Crippen LogP contribution in [0.1, 0.15) is 26.7 Å². The maximum absolute atomic E-state index is 9.63. The lowest BCUT2D eigenvalue weighted by Gasteiger charge is -2.40. The summed E-state index contributed by atoms with van der Waals surface area (Å²) in [7, 11) is 0. The van der Waals surface area contributed by atoms with Crippen LogP contribution in [-0.2, 0) is 0 Å². The molecule has 0 saturated carbocycles. The molecule has 1 aliphatic rings. The van der Waals surface area contributed by atoms with Crippen molar-refractivity contribution in [3.05, 3.63) is 0 Å². The number of hydrogen-bond donors (Lipinski definition) is 3. The van der Waals surface area contributed by atoms with Crippen LogP contribution in [0.25, 0.3) is 0 Å². The van der Waals surface area contributed by atoms with Crippen LogP contribution >= 0.6 is 0 Å². The third-order valence-electron chi connectivity index (χ3n) is 2.94. The number of piperidine rings is 1. The molecule has 3 atom stereocenters. The van der Waals surface area contributed by atoms with Gasteiger partial charge in [0.25, 0.3) is 0 Å². The monoisotopic (exact) mass is 185 g/mol. The second-order valence-electron chi connectivity index (χ2n) is 3.82. The molecule has 0 aromatic heterocycles. The predicted octanol–water partition coefficient (Wildman–Crippen LogP) is 0.156. The van der Waals surface area contributed by atoms with Gasteiger partial charge >= 0.3 is 0 Å². The van der Waals surface area contributed by atoms with Crippen molar-refractivity contribution in [1.82, 2.24) is 4.90 Å². The van der Waals surface area contributed by atoms with E-state index in [4.69, 9.17) is 11.1 Å². The summed E-state index contributed by atoms with van der Waals surface area (Å²) in [4.78, 5) is 2.09. The molecule has 13 heavy (non-hydrogen) atoms. The SMILES string of the molecule is CC(C(=N)N)N1CCCC(O)C1C. The number of nitrogens with zero attached hydrogens (tertiary/aromatic N) is 1. The summed E-state index contributed by atoms with van der Waals surface area (Å²) in [5.41, 5.74) is 5.43. The van der Waals surface area contributed by atoms with Gasteiger partial charge < -0.3 is 10.8 Å². The van der Waals surface area contributed by atoms with E-state index in [0.717, 1.165) is 19.4 Å². The first-order valence-electron chi connectivity index (χ1n) is 4.81. The maximum Gasteiger partial charge on any atom is 0.108 e. The molecule has 0 aliphatic carbocycles. The van der Waals surface area contributed by atoms with Crippen LogP contribution in [0.3, 0.4) is 0 Å². The third kappa shape index (κ3) is 2.19. The Morgan fingerprint density at radius 2 is 2.31 bits per heavy atom. The third-order valence-corrected chi connectivity index (χ3v) is 2.94. The fourth-order valence-corrected chi connectivity index (χ4v) is 1.87. The van der Waals surface area contributed by atoms with E-state index in [2.05, 4.69) is 4.90 Å². The average Bonchev–Trinajstić information content (AvgIpc) is 2.08. The van der Waals surface area contributed by atoms with Gasteiger partial charge in [0, 0.05) is 6.04 Å². The van der Waals surface area contributed by atoms with Gasteiger partial charge in [-0.3, -0.25) is 10.3 Å². The Hall–Kier alpha value is -0.610. The molecule has 0 aromatic rings. The molecule has 4 nitrogen and oxygen atoms in total. The lowest BCUT2D eigenvalue weighted by Crippen LogP contribution is -2.54. The number of aliphatic hydroxyl groups excluding tert-OH is 1. The molecule has 1 rings (SSSR count). The minimum absolute atomic E-state index is 0.0510. The summed E-state index contributed by atoms with van der Waals surface area (Å²) in [6, 6.07) is 0.0672. The highest BCUT2D eigenvalue weighted by atomic mass is 16.3. The quantitative estimate of drug-likeness (QED) is 0.424. The molecule has 1 fully saturated rings. The van der Waals surface area contributed by atoms with E-state index in [1.54, 1.807) is 0 Å². The van der Waals surface area contributed by atoms with Gasteiger partial charge in [-0.05, 0) is 33.2 Å². The Labute approximate surface area is 79.2 Å². The highest BCUT2D eigenvalue weighted by Crippen LogP contribution is 2.19. The Bertz CT molecular complexity index is 195. The topological polar surface area (TPSA) is 73.3 Å². The molecular formula is C9H19N3O. The molecule has 0 amide bonds. The molecule has 3 unspecified atom stereocenters. The lowest BCUT2D eigenvalue weighted by atomic mass is 9.98. The minimum atomic E-state index is -0.268. The van der Waals surface area contributed by atoms with Crippen LogP contribution < -0.4 is 5.73 Å². The first-order valence-corrected chi connectivity index (χ1v) is 4.81. The fourth-order valence-electron chi connectivity index (χ4n) is 1.87. The summed E-state index contributed by atoms with van der Waals surface area (Å²) in [6.45, 7) is 4.83. The van der Waals surface area contributed by atoms with Crippen LogP contribution in [0.4, 0.5) is 0 Å². The van der Waals surface area contributed by atoms with Crippen LogP contribution in [0.2, 0.25) is 0 Å². The highest BCUT2D eigenvalue weighted by Gasteiger charge is 2.30. The minimum Gasteiger partial charge on any atom is -0.392 e. The highest BCUT2D eigenvalue weighted by molar-refractivity contribution is 5.82. The first kappa shape index (κ1) is 10.5. The summed E-state index contributed by atoms with van der Waals surface area (Å²) in [6.07, 6.45) is 1.58. The zero-order valence-corrected chi connectivity index (χ0v) is 8.33. The van der Waals surface area contributed by atoms with E-state index >= 15 is 0 Å². The van der Waals surface area contributed by atoms with Crippen molar-refractivity contribution in [1.29, 1.82) is 5.41 Å². The molecule has 0 radical (unpaired) electrons. The number of likely N-dealkylation sites (tertiary alicyclic amines) is 1. The van der Waals surface area contributed by atoms with Crippen molar-refractivity contribution in [3.63, 3.8) is 0 Å². The van der Waals surface area contributed by atoms with Gasteiger partial charge in [-0.15, -0.1) is 0 Å². The number of aliphatic hydroxyl groups is 1. The average molecular weight is 185 g/mol. The van der Waals surface area contributed by atoms with E-state index < -0.39 is 0 Å². The van der Waals surface area contributed by atoms with Gasteiger partial charge in [0.15, 0.2) is 0 Å². The normalized spacial score (nSPS) is 32.8. The standard InChI is InChI=1S/C9H19N3O/c1-6-8(13)4-3-5-12(6)7(2)9(10)11/h6-8,13H,3-5H2,1-2H3,(H3,10,11). The number of amidine groups is 1. The second-order valence-corrected chi connectivity index (χ2v) is 3.82. The maximum atomic E-state index is 9.63. The van der Waals surface area contributed by atoms with Gasteiger partial charge in [0.2, 0.25) is 0 Å². The van der Waals surface area contributed by atoms with Gasteiger partial charge in [-0.25, -0.2) is 0 Å². The molecule has 0 aromatic carbocycles. The van der Waals surface area contributed by atoms with E-state index in [9.17, 15) is 5.11 Å². The first-order chi connectivity index (χ1) is 6.04. The number of nitrogens with two attached hydrogens (primary N) is 1. The Morgan fingerprint density at radius 3 is 2.85 bits per heavy atom. The summed E-state index contributed by atoms with van der Waals surface area (Å²) >= 11 is 0. The van der Waals surface area contributed by atoms with Gasteiger partial charge in [0.1, 0.15) is 5.84 Å². The number of hydrogen-bond acceptors (Lipinski definition) is 3. The Morgan fingerprint density at radius 1 is 1.69 bits per heavy atom. The van der Waals surface area contributed by atoms with Crippen molar-refractivity contribution in [2.75, 3.05) is 6.54 Å². The zero-order valence-electron chi connectivity index (χ0n) is 8.33. The van der Waals surface area contributed by atoms with E-state index in [0.29, 0.717) is 0 Å². The van der Waals surface area contributed by atoms with Crippen molar-refractivity contribution in [3.8, 4) is 0 Å². The van der Waals surface area contributed by atoms with E-state index in [1.165, 1.54) is 0 Å². The zero-order chi connectivity index (χ0) is 10.0. The van der Waals surface area contributed by atoms with Crippen LogP contribution in [0, 0.1) is 5.41 Å². The molecule has 1 aliphatic heterocycles. The van der Waals surface area contributed by atoms with Crippen molar-refractivity contribution in [2.24, 2.45) is 5.73 Å². The Balaban J connectivity index is 2.62. The number of nitrogens with one attached hydrogen (secondary N) is 1. The number of rotatable bonds is 2. The fraction of sp³-hybridized carbons (Fsp3) is 0.889. The molecule has 4 heteroatoms. The molecule has 1 heterocycles. The van der Waals surface area contributed by atoms with Crippen LogP contribution in [0.15, 0.2) is 0 Å². The molecule has 76 valence electrons. The molecule has 1 saturated heterocycles. The van der Waals surface area contributed by atoms with Crippen molar-refractivity contribution in [2.45, 2.75) is 44.9 Å². The molecule has 4 N–H and O–H groups in total. The summed E-state index contributed by atoms with van der Waals surface area (Å²) in [5.74, 6) is 0.181. The van der Waals surface area contributed by atoms with Gasteiger partial charge in [-0.2, -0.15) is 0 Å². The molecule has 0 bridgehead atoms. The van der Waals surface area contributed by atoms with Crippen molar-refractivity contribution >= 4 is 5.84 Å². The molecule has 0 spiro atoms. The lowest BCUT2D eigenvalue weighted by molar-refractivity contribution is 0.0127. The van der Waals surface area contributed by atoms with Crippen LogP contribution in [-0.4, -0.2) is 40.6 Å². The predicted molar refractivity (Wildman–Crippen MR) is 52.8 cm³/mol. The summed E-state index contributed by atoms with van der Waals surface area (Å²) in [5, 5.41) is 17.0. The van der Waals surface area contributed by atoms with Crippen molar-refractivity contribution < 1.29 is 5.11 Å². The Kier molecular flexibility index (Phi) is 3.27. The van der Waals surface area contributed by atoms with E-state index in [1.807, 2.05) is 13.8 Å². The van der Waals surface area contributed by atoms with E-state index in [-0.39, 0.29) is 24.0 Å². The van der Waals surface area contributed by atoms with Gasteiger partial charge in [0.05, 0.1) is 12.1 Å². The summed E-state index contributed by atoms with van der Waals surface area (Å²) < 4.78 is 0. The molecular weight excluding hydrogens is 166 g/mol.